The smallest absolute Gasteiger partial charge is 0.138 e. The SMILES string of the molecule is CNc1ccc(-c2nc3c([nH]2)=CC=CCC=3)cc1. The van der Waals surface area contributed by atoms with Crippen LogP contribution in [0.5, 0.6) is 0 Å². The van der Waals surface area contributed by atoms with Crippen LogP contribution in [-0.2, 0) is 0 Å². The molecular formula is C15H15N3. The van der Waals surface area contributed by atoms with Gasteiger partial charge in [-0.25, -0.2) is 4.98 Å². The Morgan fingerprint density at radius 2 is 2.06 bits per heavy atom. The molecule has 3 nitrogen and oxygen atoms in total. The standard InChI is InChI=1S/C15H15N3/c1-16-12-9-7-11(8-10-12)15-17-13-5-3-2-4-6-14(13)18-15/h2-3,5-10,16H,4H2,1H3,(H,17,18). The molecule has 1 aromatic carbocycles. The number of benzene rings is 1. The largest absolute Gasteiger partial charge is 0.388 e. The van der Waals surface area contributed by atoms with Crippen LogP contribution in [0.4, 0.5) is 5.69 Å². The molecule has 0 saturated heterocycles. The third-order valence-electron chi connectivity index (χ3n) is 3.05. The second-order valence-electron chi connectivity index (χ2n) is 4.25. The van der Waals surface area contributed by atoms with E-state index in [-0.39, 0.29) is 0 Å². The predicted octanol–water partition coefficient (Wildman–Crippen LogP) is 1.64. The lowest BCUT2D eigenvalue weighted by molar-refractivity contribution is 1.28. The first-order valence-corrected chi connectivity index (χ1v) is 6.08. The Bertz CT molecular complexity index is 690. The second-order valence-corrected chi connectivity index (χ2v) is 4.25. The zero-order valence-corrected chi connectivity index (χ0v) is 10.3. The van der Waals surface area contributed by atoms with Crippen molar-refractivity contribution in [3.63, 3.8) is 0 Å². The quantitative estimate of drug-likeness (QED) is 0.833. The molecule has 0 aliphatic heterocycles. The summed E-state index contributed by atoms with van der Waals surface area (Å²) in [7, 11) is 1.92. The van der Waals surface area contributed by atoms with Crippen molar-refractivity contribution in [2.75, 3.05) is 12.4 Å². The maximum atomic E-state index is 4.63. The van der Waals surface area contributed by atoms with Gasteiger partial charge in [-0.3, -0.25) is 0 Å². The number of aromatic amines is 1. The molecule has 0 fully saturated rings. The minimum atomic E-state index is 0.922. The van der Waals surface area contributed by atoms with Gasteiger partial charge in [0.25, 0.3) is 0 Å². The zero-order valence-electron chi connectivity index (χ0n) is 10.3. The van der Waals surface area contributed by atoms with Crippen LogP contribution >= 0.6 is 0 Å². The van der Waals surface area contributed by atoms with Crippen molar-refractivity contribution in [3.8, 4) is 11.4 Å². The number of nitrogens with zero attached hydrogens (tertiary/aromatic N) is 1. The first-order valence-electron chi connectivity index (χ1n) is 6.08. The molecule has 1 aliphatic carbocycles. The Kier molecular flexibility index (Phi) is 2.73. The van der Waals surface area contributed by atoms with Gasteiger partial charge in [-0.05, 0) is 36.8 Å². The van der Waals surface area contributed by atoms with Crippen molar-refractivity contribution < 1.29 is 0 Å². The van der Waals surface area contributed by atoms with Crippen LogP contribution in [0.3, 0.4) is 0 Å². The van der Waals surface area contributed by atoms with Crippen LogP contribution in [0.15, 0.2) is 36.4 Å². The molecule has 90 valence electrons. The molecule has 18 heavy (non-hydrogen) atoms. The van der Waals surface area contributed by atoms with Gasteiger partial charge in [-0.1, -0.05) is 18.2 Å². The first kappa shape index (κ1) is 10.8. The number of nitrogens with one attached hydrogen (secondary N) is 2. The number of allylic oxidation sites excluding steroid dienone is 2. The minimum absolute atomic E-state index is 0.922. The Hall–Kier alpha value is -2.29. The van der Waals surface area contributed by atoms with Gasteiger partial charge in [0.2, 0.25) is 0 Å². The van der Waals surface area contributed by atoms with Crippen LogP contribution < -0.4 is 16.0 Å². The van der Waals surface area contributed by atoms with Gasteiger partial charge in [0.05, 0.1) is 10.7 Å². The van der Waals surface area contributed by atoms with Crippen LogP contribution in [-0.4, -0.2) is 17.0 Å². The van der Waals surface area contributed by atoms with Crippen molar-refractivity contribution >= 4 is 17.8 Å². The lowest BCUT2D eigenvalue weighted by Crippen LogP contribution is -2.23. The number of aromatic nitrogens is 2. The molecule has 0 spiro atoms. The molecule has 1 aliphatic rings. The van der Waals surface area contributed by atoms with Gasteiger partial charge in [0, 0.05) is 18.3 Å². The van der Waals surface area contributed by atoms with Gasteiger partial charge in [-0.2, -0.15) is 0 Å². The topological polar surface area (TPSA) is 40.7 Å². The summed E-state index contributed by atoms with van der Waals surface area (Å²) in [5, 5.41) is 5.23. The van der Waals surface area contributed by atoms with Crippen LogP contribution in [0.2, 0.25) is 0 Å². The molecule has 1 aromatic heterocycles. The van der Waals surface area contributed by atoms with E-state index < -0.39 is 0 Å². The molecule has 2 aromatic rings. The maximum Gasteiger partial charge on any atom is 0.138 e. The highest BCUT2D eigenvalue weighted by Crippen LogP contribution is 2.15. The monoisotopic (exact) mass is 237 g/mol. The minimum Gasteiger partial charge on any atom is -0.388 e. The average Bonchev–Trinajstić information content (AvgIpc) is 2.70. The average molecular weight is 237 g/mol. The normalized spacial score (nSPS) is 13.2. The highest BCUT2D eigenvalue weighted by atomic mass is 14.9. The number of rotatable bonds is 2. The van der Waals surface area contributed by atoms with Crippen LogP contribution in [0.1, 0.15) is 6.42 Å². The summed E-state index contributed by atoms with van der Waals surface area (Å²) in [4.78, 5) is 7.99. The summed E-state index contributed by atoms with van der Waals surface area (Å²) < 4.78 is 0. The third-order valence-corrected chi connectivity index (χ3v) is 3.05. The molecule has 1 heterocycles. The number of fused-ring (bicyclic) bond motifs is 1. The number of hydrogen-bond donors (Lipinski definition) is 2. The molecule has 3 rings (SSSR count). The molecule has 0 atom stereocenters. The Morgan fingerprint density at radius 3 is 2.83 bits per heavy atom. The lowest BCUT2D eigenvalue weighted by Gasteiger charge is -2.00. The summed E-state index contributed by atoms with van der Waals surface area (Å²) in [6, 6.07) is 8.24. The summed E-state index contributed by atoms with van der Waals surface area (Å²) >= 11 is 0. The van der Waals surface area contributed by atoms with E-state index in [0.717, 1.165) is 34.2 Å². The molecular weight excluding hydrogens is 222 g/mol. The van der Waals surface area contributed by atoms with Gasteiger partial charge < -0.3 is 10.3 Å². The van der Waals surface area contributed by atoms with E-state index >= 15 is 0 Å². The molecule has 2 N–H and O–H groups in total. The van der Waals surface area contributed by atoms with Crippen LogP contribution in [0.25, 0.3) is 23.5 Å². The van der Waals surface area contributed by atoms with E-state index in [9.17, 15) is 0 Å². The van der Waals surface area contributed by atoms with E-state index in [4.69, 9.17) is 0 Å². The summed E-state index contributed by atoms with van der Waals surface area (Å²) in [5.41, 5.74) is 2.21. The van der Waals surface area contributed by atoms with E-state index in [2.05, 4.69) is 63.9 Å². The summed E-state index contributed by atoms with van der Waals surface area (Å²) in [6.07, 6.45) is 9.33. The van der Waals surface area contributed by atoms with E-state index in [1.165, 1.54) is 0 Å². The molecule has 0 amide bonds. The highest BCUT2D eigenvalue weighted by molar-refractivity contribution is 5.60. The second kappa shape index (κ2) is 4.53. The molecule has 0 saturated carbocycles. The van der Waals surface area contributed by atoms with Crippen molar-refractivity contribution in [2.24, 2.45) is 0 Å². The fourth-order valence-corrected chi connectivity index (χ4v) is 2.04. The number of anilines is 1. The van der Waals surface area contributed by atoms with Crippen molar-refractivity contribution in [3.05, 3.63) is 47.1 Å². The fraction of sp³-hybridized carbons (Fsp3) is 0.133. The maximum absolute atomic E-state index is 4.63. The number of imidazole rings is 1. The van der Waals surface area contributed by atoms with Gasteiger partial charge in [-0.15, -0.1) is 0 Å². The van der Waals surface area contributed by atoms with Gasteiger partial charge in [0.15, 0.2) is 0 Å². The van der Waals surface area contributed by atoms with Gasteiger partial charge >= 0.3 is 0 Å². The molecule has 0 unspecified atom stereocenters. The fourth-order valence-electron chi connectivity index (χ4n) is 2.04. The Morgan fingerprint density at radius 1 is 1.22 bits per heavy atom. The van der Waals surface area contributed by atoms with Crippen molar-refractivity contribution in [1.29, 1.82) is 0 Å². The lowest BCUT2D eigenvalue weighted by atomic mass is 10.2. The van der Waals surface area contributed by atoms with E-state index in [1.54, 1.807) is 0 Å². The van der Waals surface area contributed by atoms with Crippen molar-refractivity contribution in [1.82, 2.24) is 9.97 Å². The molecule has 3 heteroatoms. The van der Waals surface area contributed by atoms with E-state index in [0.29, 0.717) is 0 Å². The van der Waals surface area contributed by atoms with Crippen LogP contribution in [0, 0.1) is 0 Å². The Balaban J connectivity index is 2.07. The van der Waals surface area contributed by atoms with Crippen molar-refractivity contribution in [2.45, 2.75) is 6.42 Å². The first-order chi connectivity index (χ1) is 8.86. The van der Waals surface area contributed by atoms with E-state index in [1.807, 2.05) is 7.05 Å². The molecule has 0 radical (unpaired) electrons. The Labute approximate surface area is 106 Å². The summed E-state index contributed by atoms with van der Waals surface area (Å²) in [6.45, 7) is 0. The predicted molar refractivity (Wildman–Crippen MR) is 75.5 cm³/mol. The zero-order chi connectivity index (χ0) is 12.4. The summed E-state index contributed by atoms with van der Waals surface area (Å²) in [5.74, 6) is 0.922. The third kappa shape index (κ3) is 1.95. The number of H-pyrrole nitrogens is 1. The number of hydrogen-bond acceptors (Lipinski definition) is 2. The highest BCUT2D eigenvalue weighted by Gasteiger charge is 2.02. The van der Waals surface area contributed by atoms with Gasteiger partial charge in [0.1, 0.15) is 5.82 Å². The molecule has 0 bridgehead atoms.